The third-order valence-corrected chi connectivity index (χ3v) is 6.18. The van der Waals surface area contributed by atoms with E-state index in [4.69, 9.17) is 11.6 Å². The Bertz CT molecular complexity index is 1360. The molecule has 0 bridgehead atoms. The number of carbonyl (C=O) groups excluding carboxylic acids is 3. The molecule has 1 aromatic heterocycles. The van der Waals surface area contributed by atoms with Gasteiger partial charge >= 0.3 is 0 Å². The molecule has 3 aromatic rings. The fourth-order valence-corrected chi connectivity index (χ4v) is 4.08. The van der Waals surface area contributed by atoms with Crippen molar-refractivity contribution in [2.45, 2.75) is 26.8 Å². The number of H-pyrrole nitrogens is 1. The van der Waals surface area contributed by atoms with Gasteiger partial charge in [0.2, 0.25) is 5.91 Å². The monoisotopic (exact) mass is 494 g/mol. The molecule has 0 radical (unpaired) electrons. The largest absolute Gasteiger partial charge is 0.357 e. The number of benzene rings is 2. The fourth-order valence-electron chi connectivity index (χ4n) is 4.01. The zero-order chi connectivity index (χ0) is 25.3. The van der Waals surface area contributed by atoms with Crippen LogP contribution in [-0.2, 0) is 9.59 Å². The van der Waals surface area contributed by atoms with Gasteiger partial charge < -0.3 is 20.9 Å². The van der Waals surface area contributed by atoms with Gasteiger partial charge in [-0.05, 0) is 68.3 Å². The Labute approximate surface area is 206 Å². The topological polar surface area (TPSA) is 103 Å². The van der Waals surface area contributed by atoms with Crippen LogP contribution in [0.1, 0.15) is 51.4 Å². The molecule has 1 aliphatic heterocycles. The summed E-state index contributed by atoms with van der Waals surface area (Å²) in [5, 5.41) is 8.47. The Hall–Kier alpha value is -3.91. The molecule has 7 nitrogen and oxygen atoms in total. The van der Waals surface area contributed by atoms with E-state index >= 15 is 0 Å². The van der Waals surface area contributed by atoms with Crippen molar-refractivity contribution in [1.29, 1.82) is 0 Å². The van der Waals surface area contributed by atoms with Crippen molar-refractivity contribution in [3.05, 3.63) is 81.9 Å². The first-order valence-electron chi connectivity index (χ1n) is 11.0. The van der Waals surface area contributed by atoms with Gasteiger partial charge in [0.15, 0.2) is 0 Å². The lowest BCUT2D eigenvalue weighted by Crippen LogP contribution is -2.26. The number of carbonyl (C=O) groups is 3. The highest BCUT2D eigenvalue weighted by Gasteiger charge is 2.26. The predicted molar refractivity (Wildman–Crippen MR) is 135 cm³/mol. The summed E-state index contributed by atoms with van der Waals surface area (Å²) in [5.41, 5.74) is 5.50. The maximum absolute atomic E-state index is 13.2. The van der Waals surface area contributed by atoms with Crippen LogP contribution >= 0.6 is 11.6 Å². The molecule has 1 aliphatic rings. The van der Waals surface area contributed by atoms with Gasteiger partial charge in [-0.25, -0.2) is 4.39 Å². The van der Waals surface area contributed by atoms with Crippen molar-refractivity contribution in [3.8, 4) is 0 Å². The molecule has 2 heterocycles. The first kappa shape index (κ1) is 24.2. The zero-order valence-corrected chi connectivity index (χ0v) is 20.1. The predicted octanol–water partition coefficient (Wildman–Crippen LogP) is 4.93. The van der Waals surface area contributed by atoms with E-state index < -0.39 is 0 Å². The maximum Gasteiger partial charge on any atom is 0.256 e. The average molecular weight is 495 g/mol. The third kappa shape index (κ3) is 4.97. The van der Waals surface area contributed by atoms with Crippen LogP contribution in [0.4, 0.5) is 15.8 Å². The van der Waals surface area contributed by atoms with E-state index in [-0.39, 0.29) is 35.5 Å². The molecule has 180 valence electrons. The lowest BCUT2D eigenvalue weighted by molar-refractivity contribution is -0.114. The minimum Gasteiger partial charge on any atom is -0.357 e. The van der Waals surface area contributed by atoms with Crippen molar-refractivity contribution < 1.29 is 18.8 Å². The number of aryl methyl sites for hydroxylation is 1. The number of anilines is 2. The SMILES string of the molecule is Cc1[nH]c(C=C2C(=O)Nc3ccc(C(=O)NC(C)c4ccc(F)cc4)cc32)c(C)c1NC(=O)CCl. The number of aromatic amines is 1. The molecule has 4 N–H and O–H groups in total. The highest BCUT2D eigenvalue weighted by atomic mass is 35.5. The van der Waals surface area contributed by atoms with Gasteiger partial charge in [-0.2, -0.15) is 0 Å². The molecule has 35 heavy (non-hydrogen) atoms. The summed E-state index contributed by atoms with van der Waals surface area (Å²) >= 11 is 5.60. The summed E-state index contributed by atoms with van der Waals surface area (Å²) in [6.45, 7) is 5.45. The molecule has 1 atom stereocenters. The van der Waals surface area contributed by atoms with Crippen molar-refractivity contribution >= 4 is 52.3 Å². The minimum absolute atomic E-state index is 0.166. The number of alkyl halides is 1. The number of rotatable bonds is 6. The lowest BCUT2D eigenvalue weighted by atomic mass is 10.0. The van der Waals surface area contributed by atoms with Crippen molar-refractivity contribution in [2.24, 2.45) is 0 Å². The zero-order valence-electron chi connectivity index (χ0n) is 19.4. The van der Waals surface area contributed by atoms with Crippen LogP contribution < -0.4 is 16.0 Å². The number of aromatic nitrogens is 1. The first-order valence-corrected chi connectivity index (χ1v) is 11.5. The van der Waals surface area contributed by atoms with Crippen LogP contribution in [0.5, 0.6) is 0 Å². The summed E-state index contributed by atoms with van der Waals surface area (Å²) in [6.07, 6.45) is 1.70. The van der Waals surface area contributed by atoms with E-state index in [0.717, 1.165) is 16.8 Å². The van der Waals surface area contributed by atoms with Crippen molar-refractivity contribution in [3.63, 3.8) is 0 Å². The molecule has 0 saturated heterocycles. The number of halogens is 2. The van der Waals surface area contributed by atoms with E-state index in [1.54, 1.807) is 36.4 Å². The summed E-state index contributed by atoms with van der Waals surface area (Å²) in [7, 11) is 0. The maximum atomic E-state index is 13.2. The van der Waals surface area contributed by atoms with Gasteiger partial charge in [0.25, 0.3) is 11.8 Å². The fraction of sp³-hybridized carbons (Fsp3) is 0.192. The molecule has 3 amide bonds. The van der Waals surface area contributed by atoms with Crippen LogP contribution in [0, 0.1) is 19.7 Å². The quantitative estimate of drug-likeness (QED) is 0.288. The first-order chi connectivity index (χ1) is 16.7. The molecule has 0 fully saturated rings. The van der Waals surface area contributed by atoms with Crippen LogP contribution in [0.25, 0.3) is 11.6 Å². The molecule has 4 rings (SSSR count). The lowest BCUT2D eigenvalue weighted by Gasteiger charge is -2.15. The summed E-state index contributed by atoms with van der Waals surface area (Å²) in [6, 6.07) is 10.6. The van der Waals surface area contributed by atoms with Crippen LogP contribution in [0.2, 0.25) is 0 Å². The van der Waals surface area contributed by atoms with Crippen LogP contribution in [0.15, 0.2) is 42.5 Å². The van der Waals surface area contributed by atoms with E-state index in [1.165, 1.54) is 12.1 Å². The van der Waals surface area contributed by atoms with Gasteiger partial charge in [0.1, 0.15) is 11.7 Å². The summed E-state index contributed by atoms with van der Waals surface area (Å²) < 4.78 is 13.2. The third-order valence-electron chi connectivity index (χ3n) is 5.93. The number of hydrogen-bond donors (Lipinski definition) is 4. The minimum atomic E-state index is -0.344. The standard InChI is InChI=1S/C26H24ClFN4O3/c1-13-22(29-15(3)24(13)32-23(33)12-27)11-20-19-10-17(6-9-21(19)31-26(20)35)25(34)30-14(2)16-4-7-18(28)8-5-16/h4-11,14,29H,12H2,1-3H3,(H,30,34)(H,31,35)(H,32,33). The number of nitrogens with one attached hydrogen (secondary N) is 4. The Morgan fingerprint density at radius 2 is 1.86 bits per heavy atom. The number of hydrogen-bond acceptors (Lipinski definition) is 3. The van der Waals surface area contributed by atoms with Gasteiger partial charge in [0.05, 0.1) is 17.3 Å². The van der Waals surface area contributed by atoms with Gasteiger partial charge in [-0.3, -0.25) is 14.4 Å². The molecule has 0 aliphatic carbocycles. The summed E-state index contributed by atoms with van der Waals surface area (Å²) in [5.74, 6) is -1.45. The number of amides is 3. The molecule has 2 aromatic carbocycles. The molecule has 1 unspecified atom stereocenters. The Morgan fingerprint density at radius 1 is 1.14 bits per heavy atom. The normalized spacial score (nSPS) is 14.4. The Morgan fingerprint density at radius 3 is 2.54 bits per heavy atom. The summed E-state index contributed by atoms with van der Waals surface area (Å²) in [4.78, 5) is 40.6. The van der Waals surface area contributed by atoms with Crippen LogP contribution in [-0.4, -0.2) is 28.6 Å². The molecule has 0 spiro atoms. The smallest absolute Gasteiger partial charge is 0.256 e. The average Bonchev–Trinajstić information content (AvgIpc) is 3.29. The Balaban J connectivity index is 1.61. The highest BCUT2D eigenvalue weighted by Crippen LogP contribution is 2.35. The highest BCUT2D eigenvalue weighted by molar-refractivity contribution is 6.35. The van der Waals surface area contributed by atoms with Crippen molar-refractivity contribution in [1.82, 2.24) is 10.3 Å². The number of fused-ring (bicyclic) bond motifs is 1. The molecule has 0 saturated carbocycles. The van der Waals surface area contributed by atoms with E-state index in [2.05, 4.69) is 20.9 Å². The van der Waals surface area contributed by atoms with E-state index in [0.29, 0.717) is 33.8 Å². The second-order valence-electron chi connectivity index (χ2n) is 8.36. The second-order valence-corrected chi connectivity index (χ2v) is 8.63. The Kier molecular flexibility index (Phi) is 6.75. The molecular weight excluding hydrogens is 471 g/mol. The van der Waals surface area contributed by atoms with E-state index in [9.17, 15) is 18.8 Å². The van der Waals surface area contributed by atoms with Gasteiger partial charge in [0, 0.05) is 28.2 Å². The second kappa shape index (κ2) is 9.76. The van der Waals surface area contributed by atoms with Crippen LogP contribution in [0.3, 0.4) is 0 Å². The molecular formula is C26H24ClFN4O3. The van der Waals surface area contributed by atoms with Gasteiger partial charge in [-0.15, -0.1) is 11.6 Å². The van der Waals surface area contributed by atoms with Gasteiger partial charge in [-0.1, -0.05) is 12.1 Å². The van der Waals surface area contributed by atoms with Crippen molar-refractivity contribution in [2.75, 3.05) is 16.5 Å². The van der Waals surface area contributed by atoms with E-state index in [1.807, 2.05) is 20.8 Å². The molecule has 9 heteroatoms.